The predicted molar refractivity (Wildman–Crippen MR) is 130 cm³/mol. The highest BCUT2D eigenvalue weighted by Crippen LogP contribution is 2.30. The fraction of sp³-hybridized carbons (Fsp3) is 0.292. The molecule has 1 aliphatic carbocycles. The van der Waals surface area contributed by atoms with Gasteiger partial charge in [0.2, 0.25) is 0 Å². The minimum atomic E-state index is -5.08. The van der Waals surface area contributed by atoms with E-state index in [4.69, 9.17) is 15.6 Å². The standard InChI is InChI=1S/C22H24N3O4S.C2HF3O2/c1-3-14-10-18(30-19(14)21(27)25-17(11-23)22(28)29-2)20(26)24-12-13-5-4-6-16(9-13)15-7-8-15;3-2(4,5)1(6)7/h4-10,17H,3,11-12,23H2,1-2H3,(H,24,26)(H,25,27);(H,6,7)/t17-;/m0./s1. The van der Waals surface area contributed by atoms with Crippen molar-refractivity contribution in [1.82, 2.24) is 10.6 Å². The van der Waals surface area contributed by atoms with Crippen LogP contribution >= 0.6 is 11.3 Å². The van der Waals surface area contributed by atoms with Crippen LogP contribution in [0.2, 0.25) is 0 Å². The van der Waals surface area contributed by atoms with E-state index in [1.165, 1.54) is 12.7 Å². The van der Waals surface area contributed by atoms with Gasteiger partial charge in [-0.3, -0.25) is 9.59 Å². The van der Waals surface area contributed by atoms with Crippen molar-refractivity contribution in [1.29, 1.82) is 0 Å². The molecular formula is C24H25F3N3O6S. The number of carbonyl (C=O) groups is 4. The highest BCUT2D eigenvalue weighted by molar-refractivity contribution is 7.16. The number of methoxy groups -OCH3 is 1. The largest absolute Gasteiger partial charge is 0.490 e. The van der Waals surface area contributed by atoms with Gasteiger partial charge < -0.3 is 26.2 Å². The summed E-state index contributed by atoms with van der Waals surface area (Å²) >= 11 is 1.09. The summed E-state index contributed by atoms with van der Waals surface area (Å²) in [5, 5.41) is 12.6. The number of nitrogens with two attached hydrogens (primary N) is 1. The number of hydrogen-bond donors (Lipinski definition) is 4. The van der Waals surface area contributed by atoms with Gasteiger partial charge in [-0.2, -0.15) is 13.2 Å². The molecule has 1 atom stereocenters. The Morgan fingerprint density at radius 2 is 1.81 bits per heavy atom. The third-order valence-corrected chi connectivity index (χ3v) is 6.11. The maximum Gasteiger partial charge on any atom is 0.490 e. The molecule has 1 aromatic heterocycles. The van der Waals surface area contributed by atoms with Crippen LogP contribution in [0.15, 0.2) is 36.4 Å². The summed E-state index contributed by atoms with van der Waals surface area (Å²) < 4.78 is 36.4. The molecule has 2 amide bonds. The number of amides is 2. The number of carboxylic acids is 1. The number of aryl methyl sites for hydroxylation is 1. The van der Waals surface area contributed by atoms with Gasteiger partial charge in [-0.25, -0.2) is 9.59 Å². The van der Waals surface area contributed by atoms with Crippen LogP contribution in [0.5, 0.6) is 0 Å². The second kappa shape index (κ2) is 13.0. The van der Waals surface area contributed by atoms with E-state index in [9.17, 15) is 27.6 Å². The van der Waals surface area contributed by atoms with Crippen LogP contribution in [0.3, 0.4) is 0 Å². The van der Waals surface area contributed by atoms with Crippen LogP contribution < -0.4 is 16.4 Å². The van der Waals surface area contributed by atoms with Gasteiger partial charge in [0.1, 0.15) is 6.04 Å². The van der Waals surface area contributed by atoms with E-state index in [1.54, 1.807) is 6.07 Å². The Morgan fingerprint density at radius 1 is 1.16 bits per heavy atom. The van der Waals surface area contributed by atoms with Crippen LogP contribution in [0.1, 0.15) is 43.0 Å². The Balaban J connectivity index is 0.000000604. The molecule has 0 saturated heterocycles. The van der Waals surface area contributed by atoms with Gasteiger partial charge in [0, 0.05) is 19.5 Å². The molecule has 0 unspecified atom stereocenters. The first-order valence-corrected chi connectivity index (χ1v) is 11.7. The summed E-state index contributed by atoms with van der Waals surface area (Å²) in [5.74, 6) is -4.06. The van der Waals surface area contributed by atoms with Crippen LogP contribution in [0.25, 0.3) is 5.57 Å². The lowest BCUT2D eigenvalue weighted by molar-refractivity contribution is -0.192. The van der Waals surface area contributed by atoms with Gasteiger partial charge in [-0.15, -0.1) is 11.3 Å². The average molecular weight is 541 g/mol. The number of thiophene rings is 1. The second-order valence-electron chi connectivity index (χ2n) is 7.58. The van der Waals surface area contributed by atoms with Crippen molar-refractivity contribution < 1.29 is 42.2 Å². The molecule has 9 nitrogen and oxygen atoms in total. The third-order valence-electron chi connectivity index (χ3n) is 4.94. The smallest absolute Gasteiger partial charge is 0.475 e. The lowest BCUT2D eigenvalue weighted by Crippen LogP contribution is -2.46. The van der Waals surface area contributed by atoms with Gasteiger partial charge in [0.15, 0.2) is 0 Å². The molecule has 0 aliphatic heterocycles. The maximum absolute atomic E-state index is 12.6. The second-order valence-corrected chi connectivity index (χ2v) is 8.63. The summed E-state index contributed by atoms with van der Waals surface area (Å²) in [5.41, 5.74) is 9.61. The number of ether oxygens (including phenoxy) is 1. The molecule has 13 heteroatoms. The first-order chi connectivity index (χ1) is 17.4. The van der Waals surface area contributed by atoms with Crippen molar-refractivity contribution in [3.05, 3.63) is 69.3 Å². The molecule has 0 bridgehead atoms. The number of alkyl halides is 3. The minimum absolute atomic E-state index is 0.0771. The van der Waals surface area contributed by atoms with Gasteiger partial charge in [0.25, 0.3) is 11.8 Å². The zero-order valence-electron chi connectivity index (χ0n) is 19.8. The van der Waals surface area contributed by atoms with E-state index in [0.29, 0.717) is 22.7 Å². The molecule has 2 aromatic rings. The van der Waals surface area contributed by atoms with E-state index in [-0.39, 0.29) is 12.5 Å². The molecule has 1 heterocycles. The van der Waals surface area contributed by atoms with Crippen LogP contribution in [0, 0.1) is 6.42 Å². The highest BCUT2D eigenvalue weighted by Gasteiger charge is 2.38. The summed E-state index contributed by atoms with van der Waals surface area (Å²) in [6.07, 6.45) is -0.430. The van der Waals surface area contributed by atoms with Gasteiger partial charge >= 0.3 is 18.1 Å². The number of rotatable bonds is 9. The molecular weight excluding hydrogens is 515 g/mol. The van der Waals surface area contributed by atoms with Crippen molar-refractivity contribution in [3.8, 4) is 0 Å². The molecule has 0 fully saturated rings. The molecule has 0 spiro atoms. The number of carboxylic acid groups (broad SMARTS) is 1. The molecule has 199 valence electrons. The molecule has 3 rings (SSSR count). The lowest BCUT2D eigenvalue weighted by Gasteiger charge is -2.14. The van der Waals surface area contributed by atoms with Gasteiger partial charge in [0.05, 0.1) is 16.9 Å². The zero-order valence-corrected chi connectivity index (χ0v) is 20.7. The summed E-state index contributed by atoms with van der Waals surface area (Å²) in [6.45, 7) is 2.21. The molecule has 1 aliphatic rings. The lowest BCUT2D eigenvalue weighted by atomic mass is 10.1. The average Bonchev–Trinajstić information content (AvgIpc) is 3.63. The van der Waals surface area contributed by atoms with Crippen molar-refractivity contribution in [2.45, 2.75) is 32.1 Å². The van der Waals surface area contributed by atoms with Crippen molar-refractivity contribution in [2.24, 2.45) is 5.73 Å². The Kier molecular flexibility index (Phi) is 10.4. The van der Waals surface area contributed by atoms with Gasteiger partial charge in [-0.05, 0) is 40.8 Å². The molecule has 1 radical (unpaired) electrons. The number of allylic oxidation sites excluding steroid dienone is 2. The van der Waals surface area contributed by atoms with Crippen LogP contribution in [-0.2, 0) is 27.3 Å². The number of nitrogens with one attached hydrogen (secondary N) is 2. The quantitative estimate of drug-likeness (QED) is 0.358. The third kappa shape index (κ3) is 8.72. The van der Waals surface area contributed by atoms with E-state index < -0.39 is 30.1 Å². The Hall–Kier alpha value is -3.71. The SMILES string of the molecule is CCc1cc(C(=O)NCc2cccc(C3=C[CH]3)c2)sc1C(=O)N[C@@H](CN)C(=O)OC.O=C(O)C(F)(F)F. The van der Waals surface area contributed by atoms with Crippen LogP contribution in [-0.4, -0.2) is 54.7 Å². The van der Waals surface area contributed by atoms with Crippen molar-refractivity contribution in [3.63, 3.8) is 0 Å². The van der Waals surface area contributed by atoms with E-state index in [2.05, 4.69) is 15.4 Å². The minimum Gasteiger partial charge on any atom is -0.475 e. The Bertz CT molecular complexity index is 1190. The molecule has 5 N–H and O–H groups in total. The van der Waals surface area contributed by atoms with E-state index >= 15 is 0 Å². The maximum atomic E-state index is 12.6. The van der Waals surface area contributed by atoms with Gasteiger partial charge in [-0.1, -0.05) is 31.2 Å². The highest BCUT2D eigenvalue weighted by atomic mass is 32.1. The topological polar surface area (TPSA) is 148 Å². The molecule has 37 heavy (non-hydrogen) atoms. The van der Waals surface area contributed by atoms with Crippen LogP contribution in [0.4, 0.5) is 13.2 Å². The Morgan fingerprint density at radius 3 is 2.32 bits per heavy atom. The molecule has 0 saturated carbocycles. The number of carbonyl (C=O) groups excluding carboxylic acids is 3. The fourth-order valence-corrected chi connectivity index (χ4v) is 4.01. The number of benzene rings is 1. The zero-order chi connectivity index (χ0) is 27.8. The van der Waals surface area contributed by atoms with Crippen molar-refractivity contribution in [2.75, 3.05) is 13.7 Å². The van der Waals surface area contributed by atoms with Crippen molar-refractivity contribution >= 4 is 40.7 Å². The summed E-state index contributed by atoms with van der Waals surface area (Å²) in [7, 11) is 1.23. The summed E-state index contributed by atoms with van der Waals surface area (Å²) in [4.78, 5) is 46.7. The van der Waals surface area contributed by atoms with E-state index in [0.717, 1.165) is 28.0 Å². The number of halogens is 3. The summed E-state index contributed by atoms with van der Waals surface area (Å²) in [6, 6.07) is 8.77. The van der Waals surface area contributed by atoms with E-state index in [1.807, 2.05) is 43.7 Å². The number of hydrogen-bond acceptors (Lipinski definition) is 7. The first-order valence-electron chi connectivity index (χ1n) is 10.8. The first kappa shape index (κ1) is 29.5. The predicted octanol–water partition coefficient (Wildman–Crippen LogP) is 2.71. The normalized spacial score (nSPS) is 12.9. The Labute approximate surface area is 214 Å². The fourth-order valence-electron chi connectivity index (χ4n) is 2.94. The molecule has 1 aromatic carbocycles. The number of aliphatic carboxylic acids is 1. The monoisotopic (exact) mass is 540 g/mol. The number of esters is 1.